The van der Waals surface area contributed by atoms with Gasteiger partial charge in [-0.15, -0.1) is 0 Å². The van der Waals surface area contributed by atoms with E-state index in [9.17, 15) is 9.59 Å². The zero-order valence-electron chi connectivity index (χ0n) is 19.1. The van der Waals surface area contributed by atoms with E-state index in [-0.39, 0.29) is 13.0 Å². The number of carbonyl (C=O) groups is 2. The number of benzene rings is 1. The summed E-state index contributed by atoms with van der Waals surface area (Å²) in [6.07, 6.45) is -0.0384. The molecule has 1 aromatic carbocycles. The molecule has 0 saturated carbocycles. The molecule has 0 bridgehead atoms. The lowest BCUT2D eigenvalue weighted by Gasteiger charge is -2.32. The van der Waals surface area contributed by atoms with Crippen LogP contribution in [0.2, 0.25) is 0 Å². The summed E-state index contributed by atoms with van der Waals surface area (Å²) in [5, 5.41) is 10.1. The van der Waals surface area contributed by atoms with Crippen molar-refractivity contribution < 1.29 is 19.1 Å². The topological polar surface area (TPSA) is 91.9 Å². The largest absolute Gasteiger partial charge is 0.461 e. The predicted octanol–water partition coefficient (Wildman–Crippen LogP) is 0.915. The van der Waals surface area contributed by atoms with Crippen LogP contribution in [0.15, 0.2) is 30.3 Å². The Morgan fingerprint density at radius 1 is 0.935 bits per heavy atom. The molecule has 8 heteroatoms. The maximum absolute atomic E-state index is 13.0. The Morgan fingerprint density at radius 2 is 1.48 bits per heavy atom. The number of hydrogen-bond acceptors (Lipinski definition) is 8. The molecule has 1 atom stereocenters. The second-order valence-electron chi connectivity index (χ2n) is 8.69. The fourth-order valence-electron chi connectivity index (χ4n) is 3.28. The second kappa shape index (κ2) is 13.4. The monoisotopic (exact) mass is 434 g/mol. The van der Waals surface area contributed by atoms with Crippen LogP contribution >= 0.6 is 0 Å². The van der Waals surface area contributed by atoms with Crippen molar-refractivity contribution in [3.05, 3.63) is 35.9 Å². The Morgan fingerprint density at radius 3 is 2.03 bits per heavy atom. The zero-order chi connectivity index (χ0) is 22.5. The minimum absolute atomic E-state index is 0.0384. The van der Waals surface area contributed by atoms with E-state index in [1.165, 1.54) is 0 Å². The second-order valence-corrected chi connectivity index (χ2v) is 8.69. The Kier molecular flexibility index (Phi) is 10.9. The van der Waals surface area contributed by atoms with Crippen LogP contribution in [-0.4, -0.2) is 80.8 Å². The molecule has 1 fully saturated rings. The van der Waals surface area contributed by atoms with Gasteiger partial charge < -0.3 is 25.4 Å². The molecule has 0 aromatic heterocycles. The van der Waals surface area contributed by atoms with E-state index in [1.54, 1.807) is 0 Å². The molecule has 1 aliphatic heterocycles. The molecule has 0 aliphatic carbocycles. The standard InChI is InChI=1S/C23H38N4O4/c1-23(2,3)31-22(29)20(17-21(28)30-18-19-7-5-4-6-8-19)27-15-13-25-11-9-24-10-12-26-14-16-27/h4-8,20,24-26H,9-18H2,1-3H3. The van der Waals surface area contributed by atoms with E-state index in [1.807, 2.05) is 56.0 Å². The molecule has 8 nitrogen and oxygen atoms in total. The summed E-state index contributed by atoms with van der Waals surface area (Å²) < 4.78 is 11.1. The normalized spacial score (nSPS) is 18.3. The first-order valence-electron chi connectivity index (χ1n) is 11.1. The molecule has 1 aliphatic rings. The van der Waals surface area contributed by atoms with Crippen LogP contribution in [0.5, 0.6) is 0 Å². The van der Waals surface area contributed by atoms with Gasteiger partial charge in [0.05, 0.1) is 6.42 Å². The molecular weight excluding hydrogens is 396 g/mol. The number of nitrogens with one attached hydrogen (secondary N) is 3. The summed E-state index contributed by atoms with van der Waals surface area (Å²) in [6, 6.07) is 8.84. The van der Waals surface area contributed by atoms with Crippen LogP contribution in [-0.2, 0) is 25.7 Å². The van der Waals surface area contributed by atoms with Gasteiger partial charge in [-0.25, -0.2) is 0 Å². The van der Waals surface area contributed by atoms with Gasteiger partial charge in [-0.05, 0) is 26.3 Å². The zero-order valence-corrected chi connectivity index (χ0v) is 19.1. The maximum Gasteiger partial charge on any atom is 0.324 e. The highest BCUT2D eigenvalue weighted by Gasteiger charge is 2.32. The van der Waals surface area contributed by atoms with Gasteiger partial charge in [0, 0.05) is 52.4 Å². The fourth-order valence-corrected chi connectivity index (χ4v) is 3.28. The SMILES string of the molecule is CC(C)(C)OC(=O)C(CC(=O)OCc1ccccc1)N1CCNCCNCCNCC1. The third-order valence-electron chi connectivity index (χ3n) is 4.83. The minimum Gasteiger partial charge on any atom is -0.461 e. The van der Waals surface area contributed by atoms with Crippen LogP contribution in [0.3, 0.4) is 0 Å². The van der Waals surface area contributed by atoms with Gasteiger partial charge >= 0.3 is 11.9 Å². The molecule has 1 aromatic rings. The van der Waals surface area contributed by atoms with Crippen LogP contribution in [0, 0.1) is 0 Å². The fraction of sp³-hybridized carbons (Fsp3) is 0.652. The molecule has 3 N–H and O–H groups in total. The van der Waals surface area contributed by atoms with E-state index in [2.05, 4.69) is 16.0 Å². The van der Waals surface area contributed by atoms with E-state index in [0.717, 1.165) is 44.8 Å². The lowest BCUT2D eigenvalue weighted by molar-refractivity contribution is -0.165. The Hall–Kier alpha value is -2.00. The number of carbonyl (C=O) groups excluding carboxylic acids is 2. The van der Waals surface area contributed by atoms with Crippen LogP contribution in [0.1, 0.15) is 32.8 Å². The lowest BCUT2D eigenvalue weighted by Crippen LogP contribution is -2.51. The van der Waals surface area contributed by atoms with E-state index >= 15 is 0 Å². The molecule has 1 saturated heterocycles. The Balaban J connectivity index is 2.04. The average molecular weight is 435 g/mol. The van der Waals surface area contributed by atoms with E-state index in [4.69, 9.17) is 9.47 Å². The molecule has 0 radical (unpaired) electrons. The third-order valence-corrected chi connectivity index (χ3v) is 4.83. The average Bonchev–Trinajstić information content (AvgIpc) is 2.71. The van der Waals surface area contributed by atoms with Gasteiger partial charge in [-0.3, -0.25) is 14.5 Å². The first-order valence-corrected chi connectivity index (χ1v) is 11.1. The number of hydrogen-bond donors (Lipinski definition) is 3. The summed E-state index contributed by atoms with van der Waals surface area (Å²) in [5.74, 6) is -0.797. The highest BCUT2D eigenvalue weighted by atomic mass is 16.6. The van der Waals surface area contributed by atoms with Crippen LogP contribution in [0.25, 0.3) is 0 Å². The summed E-state index contributed by atoms with van der Waals surface area (Å²) in [6.45, 7) is 11.9. The molecule has 0 amide bonds. The number of esters is 2. The van der Waals surface area contributed by atoms with Crippen molar-refractivity contribution in [1.29, 1.82) is 0 Å². The van der Waals surface area contributed by atoms with Crippen molar-refractivity contribution >= 4 is 11.9 Å². The van der Waals surface area contributed by atoms with Crippen LogP contribution in [0.4, 0.5) is 0 Å². The van der Waals surface area contributed by atoms with Crippen LogP contribution < -0.4 is 16.0 Å². The van der Waals surface area contributed by atoms with E-state index < -0.39 is 23.6 Å². The highest BCUT2D eigenvalue weighted by Crippen LogP contribution is 2.15. The number of rotatable bonds is 6. The minimum atomic E-state index is -0.688. The van der Waals surface area contributed by atoms with Gasteiger partial charge in [0.1, 0.15) is 18.2 Å². The van der Waals surface area contributed by atoms with Gasteiger partial charge in [-0.1, -0.05) is 30.3 Å². The van der Waals surface area contributed by atoms with Crippen molar-refractivity contribution in [2.45, 2.75) is 45.4 Å². The molecule has 2 rings (SSSR count). The number of nitrogens with zero attached hydrogens (tertiary/aromatic N) is 1. The Labute approximate surface area is 186 Å². The predicted molar refractivity (Wildman–Crippen MR) is 121 cm³/mol. The van der Waals surface area contributed by atoms with Gasteiger partial charge in [-0.2, -0.15) is 0 Å². The van der Waals surface area contributed by atoms with Gasteiger partial charge in [0.25, 0.3) is 0 Å². The van der Waals surface area contributed by atoms with Crippen molar-refractivity contribution in [2.75, 3.05) is 52.4 Å². The first-order chi connectivity index (χ1) is 14.8. The molecule has 0 spiro atoms. The van der Waals surface area contributed by atoms with Gasteiger partial charge in [0.15, 0.2) is 0 Å². The molecular formula is C23H38N4O4. The van der Waals surface area contributed by atoms with Crippen molar-refractivity contribution in [3.8, 4) is 0 Å². The first kappa shape index (κ1) is 25.3. The molecule has 1 unspecified atom stereocenters. The number of ether oxygens (including phenoxy) is 2. The summed E-state index contributed by atoms with van der Waals surface area (Å²) in [7, 11) is 0. The summed E-state index contributed by atoms with van der Waals surface area (Å²) in [5.41, 5.74) is 0.288. The molecule has 174 valence electrons. The molecule has 31 heavy (non-hydrogen) atoms. The highest BCUT2D eigenvalue weighted by molar-refractivity contribution is 5.83. The lowest BCUT2D eigenvalue weighted by atomic mass is 10.1. The Bertz CT molecular complexity index is 651. The van der Waals surface area contributed by atoms with Crippen molar-refractivity contribution in [2.24, 2.45) is 0 Å². The quantitative estimate of drug-likeness (QED) is 0.569. The summed E-state index contributed by atoms with van der Waals surface area (Å²) >= 11 is 0. The summed E-state index contributed by atoms with van der Waals surface area (Å²) in [4.78, 5) is 27.7. The molecule has 1 heterocycles. The smallest absolute Gasteiger partial charge is 0.324 e. The van der Waals surface area contributed by atoms with E-state index in [0.29, 0.717) is 13.1 Å². The van der Waals surface area contributed by atoms with Gasteiger partial charge in [0.2, 0.25) is 0 Å². The third kappa shape index (κ3) is 10.7. The van der Waals surface area contributed by atoms with Crippen molar-refractivity contribution in [1.82, 2.24) is 20.9 Å². The maximum atomic E-state index is 13.0. The van der Waals surface area contributed by atoms with Crippen molar-refractivity contribution in [3.63, 3.8) is 0 Å².